The number of piperidine rings is 1. The Kier molecular flexibility index (Phi) is 4.98. The SMILES string of the molecule is CNCC1CCCN(C(=O)c2cc(-c3cccc(Cl)c3)on2)C1. The van der Waals surface area contributed by atoms with E-state index >= 15 is 0 Å². The monoisotopic (exact) mass is 333 g/mol. The molecule has 1 atom stereocenters. The number of nitrogens with zero attached hydrogens (tertiary/aromatic N) is 2. The maximum Gasteiger partial charge on any atom is 0.276 e. The molecule has 1 aliphatic rings. The Bertz CT molecular complexity index is 684. The fraction of sp³-hybridized carbons (Fsp3) is 0.412. The second-order valence-corrected chi connectivity index (χ2v) is 6.34. The van der Waals surface area contributed by atoms with E-state index in [0.717, 1.165) is 38.0 Å². The molecule has 1 amide bonds. The first-order valence-electron chi connectivity index (χ1n) is 7.84. The smallest absolute Gasteiger partial charge is 0.276 e. The van der Waals surface area contributed by atoms with E-state index in [1.165, 1.54) is 0 Å². The third-order valence-corrected chi connectivity index (χ3v) is 4.37. The van der Waals surface area contributed by atoms with E-state index < -0.39 is 0 Å². The number of benzene rings is 1. The van der Waals surface area contributed by atoms with Crippen LogP contribution in [0.15, 0.2) is 34.9 Å². The van der Waals surface area contributed by atoms with Gasteiger partial charge in [0.1, 0.15) is 0 Å². The molecule has 6 heteroatoms. The van der Waals surface area contributed by atoms with Gasteiger partial charge in [0.25, 0.3) is 5.91 Å². The molecule has 0 aliphatic carbocycles. The molecule has 23 heavy (non-hydrogen) atoms. The summed E-state index contributed by atoms with van der Waals surface area (Å²) in [7, 11) is 1.94. The molecular weight excluding hydrogens is 314 g/mol. The molecule has 1 aromatic carbocycles. The van der Waals surface area contributed by atoms with E-state index in [4.69, 9.17) is 16.1 Å². The number of amides is 1. The van der Waals surface area contributed by atoms with Crippen LogP contribution in [-0.4, -0.2) is 42.6 Å². The third kappa shape index (κ3) is 3.74. The summed E-state index contributed by atoms with van der Waals surface area (Å²) in [5, 5.41) is 7.75. The number of carbonyl (C=O) groups is 1. The van der Waals surface area contributed by atoms with Gasteiger partial charge in [0.05, 0.1) is 0 Å². The number of likely N-dealkylation sites (tertiary alicyclic amines) is 1. The predicted molar refractivity (Wildman–Crippen MR) is 89.5 cm³/mol. The standard InChI is InChI=1S/C17H20ClN3O2/c1-19-10-12-4-3-7-21(11-12)17(22)15-9-16(23-20-15)13-5-2-6-14(18)8-13/h2,5-6,8-9,12,19H,3-4,7,10-11H2,1H3. The fourth-order valence-electron chi connectivity index (χ4n) is 3.02. The second kappa shape index (κ2) is 7.15. The largest absolute Gasteiger partial charge is 0.355 e. The van der Waals surface area contributed by atoms with Crippen LogP contribution in [0.4, 0.5) is 0 Å². The Labute approximate surface area is 140 Å². The van der Waals surface area contributed by atoms with Crippen molar-refractivity contribution in [1.82, 2.24) is 15.4 Å². The highest BCUT2D eigenvalue weighted by atomic mass is 35.5. The highest BCUT2D eigenvalue weighted by molar-refractivity contribution is 6.30. The zero-order chi connectivity index (χ0) is 16.2. The molecule has 1 unspecified atom stereocenters. The third-order valence-electron chi connectivity index (χ3n) is 4.14. The van der Waals surface area contributed by atoms with Gasteiger partial charge in [-0.15, -0.1) is 0 Å². The summed E-state index contributed by atoms with van der Waals surface area (Å²) in [6, 6.07) is 9.00. The Morgan fingerprint density at radius 2 is 2.35 bits per heavy atom. The lowest BCUT2D eigenvalue weighted by molar-refractivity contribution is 0.0664. The first kappa shape index (κ1) is 16.0. The summed E-state index contributed by atoms with van der Waals surface area (Å²) in [6.45, 7) is 2.47. The van der Waals surface area contributed by atoms with E-state index in [1.54, 1.807) is 18.2 Å². The van der Waals surface area contributed by atoms with Crippen LogP contribution in [0, 0.1) is 5.92 Å². The fourth-order valence-corrected chi connectivity index (χ4v) is 3.21. The second-order valence-electron chi connectivity index (χ2n) is 5.90. The molecule has 2 aromatic rings. The maximum atomic E-state index is 12.6. The minimum atomic E-state index is -0.0668. The van der Waals surface area contributed by atoms with E-state index in [0.29, 0.717) is 22.4 Å². The van der Waals surface area contributed by atoms with Gasteiger partial charge >= 0.3 is 0 Å². The normalized spacial score (nSPS) is 18.2. The Morgan fingerprint density at radius 3 is 3.13 bits per heavy atom. The van der Waals surface area contributed by atoms with Gasteiger partial charge in [-0.1, -0.05) is 28.9 Å². The first-order valence-corrected chi connectivity index (χ1v) is 8.21. The summed E-state index contributed by atoms with van der Waals surface area (Å²) < 4.78 is 5.32. The quantitative estimate of drug-likeness (QED) is 0.934. The van der Waals surface area contributed by atoms with Crippen LogP contribution in [0.5, 0.6) is 0 Å². The van der Waals surface area contributed by atoms with Gasteiger partial charge < -0.3 is 14.7 Å². The lowest BCUT2D eigenvalue weighted by Gasteiger charge is -2.32. The maximum absolute atomic E-state index is 12.6. The van der Waals surface area contributed by atoms with E-state index in [2.05, 4.69) is 10.5 Å². The van der Waals surface area contributed by atoms with Crippen molar-refractivity contribution in [3.63, 3.8) is 0 Å². The Morgan fingerprint density at radius 1 is 1.48 bits per heavy atom. The van der Waals surface area contributed by atoms with Crippen molar-refractivity contribution in [3.8, 4) is 11.3 Å². The zero-order valence-electron chi connectivity index (χ0n) is 13.1. The van der Waals surface area contributed by atoms with Gasteiger partial charge in [-0.2, -0.15) is 0 Å². The number of aromatic nitrogens is 1. The van der Waals surface area contributed by atoms with Crippen LogP contribution in [0.2, 0.25) is 5.02 Å². The van der Waals surface area contributed by atoms with Crippen molar-refractivity contribution in [2.24, 2.45) is 5.92 Å². The number of hydrogen-bond acceptors (Lipinski definition) is 4. The van der Waals surface area contributed by atoms with Crippen LogP contribution >= 0.6 is 11.6 Å². The number of halogens is 1. The van der Waals surface area contributed by atoms with Gasteiger partial charge in [-0.25, -0.2) is 0 Å². The van der Waals surface area contributed by atoms with Crippen molar-refractivity contribution in [2.75, 3.05) is 26.7 Å². The molecule has 122 valence electrons. The topological polar surface area (TPSA) is 58.4 Å². The molecule has 1 fully saturated rings. The predicted octanol–water partition coefficient (Wildman–Crippen LogP) is 3.07. The highest BCUT2D eigenvalue weighted by Crippen LogP contribution is 2.25. The molecule has 1 N–H and O–H groups in total. The number of hydrogen-bond donors (Lipinski definition) is 1. The minimum absolute atomic E-state index is 0.0668. The van der Waals surface area contributed by atoms with Crippen LogP contribution in [0.3, 0.4) is 0 Å². The van der Waals surface area contributed by atoms with Gasteiger partial charge in [0.2, 0.25) is 0 Å². The highest BCUT2D eigenvalue weighted by Gasteiger charge is 2.26. The summed E-state index contributed by atoms with van der Waals surface area (Å²) in [5.41, 5.74) is 1.17. The van der Waals surface area contributed by atoms with E-state index in [1.807, 2.05) is 24.1 Å². The molecule has 0 saturated carbocycles. The molecule has 1 aliphatic heterocycles. The average molecular weight is 334 g/mol. The van der Waals surface area contributed by atoms with Crippen molar-refractivity contribution >= 4 is 17.5 Å². The van der Waals surface area contributed by atoms with Gasteiger partial charge in [0, 0.05) is 29.7 Å². The first-order chi connectivity index (χ1) is 11.2. The summed E-state index contributed by atoms with van der Waals surface area (Å²) >= 11 is 5.99. The molecule has 1 saturated heterocycles. The molecular formula is C17H20ClN3O2. The molecule has 2 heterocycles. The molecule has 5 nitrogen and oxygen atoms in total. The van der Waals surface area contributed by atoms with Crippen LogP contribution < -0.4 is 5.32 Å². The minimum Gasteiger partial charge on any atom is -0.355 e. The summed E-state index contributed by atoms with van der Waals surface area (Å²) in [6.07, 6.45) is 2.17. The Hall–Kier alpha value is -1.85. The number of rotatable bonds is 4. The van der Waals surface area contributed by atoms with E-state index in [-0.39, 0.29) is 5.91 Å². The van der Waals surface area contributed by atoms with E-state index in [9.17, 15) is 4.79 Å². The summed E-state index contributed by atoms with van der Waals surface area (Å²) in [5.74, 6) is 0.986. The number of carbonyl (C=O) groups excluding carboxylic acids is 1. The van der Waals surface area contributed by atoms with Crippen LogP contribution in [-0.2, 0) is 0 Å². The van der Waals surface area contributed by atoms with Crippen LogP contribution in [0.25, 0.3) is 11.3 Å². The van der Waals surface area contributed by atoms with Gasteiger partial charge in [-0.05, 0) is 44.5 Å². The summed E-state index contributed by atoms with van der Waals surface area (Å²) in [4.78, 5) is 14.5. The van der Waals surface area contributed by atoms with Crippen molar-refractivity contribution in [2.45, 2.75) is 12.8 Å². The van der Waals surface area contributed by atoms with Crippen LogP contribution in [0.1, 0.15) is 23.3 Å². The lowest BCUT2D eigenvalue weighted by atomic mass is 9.98. The van der Waals surface area contributed by atoms with Gasteiger partial charge in [0.15, 0.2) is 11.5 Å². The molecule has 0 spiro atoms. The van der Waals surface area contributed by atoms with Crippen molar-refractivity contribution in [1.29, 1.82) is 0 Å². The van der Waals surface area contributed by atoms with Crippen molar-refractivity contribution in [3.05, 3.63) is 41.0 Å². The van der Waals surface area contributed by atoms with Gasteiger partial charge in [-0.3, -0.25) is 4.79 Å². The number of nitrogens with one attached hydrogen (secondary N) is 1. The molecule has 1 aromatic heterocycles. The zero-order valence-corrected chi connectivity index (χ0v) is 13.8. The Balaban J connectivity index is 1.73. The lowest BCUT2D eigenvalue weighted by Crippen LogP contribution is -2.42. The molecule has 0 radical (unpaired) electrons. The average Bonchev–Trinajstić information content (AvgIpc) is 3.05. The molecule has 3 rings (SSSR count). The molecule has 0 bridgehead atoms. The van der Waals surface area contributed by atoms with Crippen molar-refractivity contribution < 1.29 is 9.32 Å².